The Bertz CT molecular complexity index is 620. The van der Waals surface area contributed by atoms with Gasteiger partial charge in [-0.15, -0.1) is 0 Å². The summed E-state index contributed by atoms with van der Waals surface area (Å²) in [7, 11) is 2.03. The van der Waals surface area contributed by atoms with Crippen LogP contribution in [0.3, 0.4) is 0 Å². The van der Waals surface area contributed by atoms with Gasteiger partial charge in [-0.1, -0.05) is 35.4 Å². The molecule has 0 radical (unpaired) electrons. The van der Waals surface area contributed by atoms with E-state index in [1.807, 2.05) is 32.2 Å². The molecular formula is C17H21ClN2. The minimum absolute atomic E-state index is 0.00651. The van der Waals surface area contributed by atoms with Gasteiger partial charge in [0.25, 0.3) is 0 Å². The van der Waals surface area contributed by atoms with E-state index in [1.165, 1.54) is 11.1 Å². The van der Waals surface area contributed by atoms with Gasteiger partial charge in [-0.25, -0.2) is 0 Å². The minimum Gasteiger partial charge on any atom is -0.343 e. The Kier molecular flexibility index (Phi) is 4.36. The monoisotopic (exact) mass is 288 g/mol. The molecule has 0 aliphatic carbocycles. The van der Waals surface area contributed by atoms with Crippen LogP contribution in [-0.4, -0.2) is 7.05 Å². The molecule has 0 bridgehead atoms. The smallest absolute Gasteiger partial charge is 0.0646 e. The lowest BCUT2D eigenvalue weighted by Gasteiger charge is -2.23. The molecule has 0 aliphatic heterocycles. The third-order valence-corrected chi connectivity index (χ3v) is 3.88. The second-order valence-corrected chi connectivity index (χ2v) is 5.76. The van der Waals surface area contributed by atoms with Crippen molar-refractivity contribution in [3.8, 4) is 0 Å². The van der Waals surface area contributed by atoms with Gasteiger partial charge in [0.05, 0.1) is 10.7 Å². The summed E-state index contributed by atoms with van der Waals surface area (Å²) in [5, 5.41) is 0.724. The maximum Gasteiger partial charge on any atom is 0.0646 e. The first-order chi connectivity index (χ1) is 9.40. The summed E-state index contributed by atoms with van der Waals surface area (Å²) in [6, 6.07) is 12.4. The molecule has 0 fully saturated rings. The molecule has 0 saturated heterocycles. The van der Waals surface area contributed by atoms with E-state index in [2.05, 4.69) is 36.9 Å². The first-order valence-electron chi connectivity index (χ1n) is 6.76. The molecule has 0 spiro atoms. The summed E-state index contributed by atoms with van der Waals surface area (Å²) in [4.78, 5) is 2.11. The molecule has 1 atom stereocenters. The van der Waals surface area contributed by atoms with E-state index >= 15 is 0 Å². The second-order valence-electron chi connectivity index (χ2n) is 5.35. The molecule has 2 N–H and O–H groups in total. The van der Waals surface area contributed by atoms with Crippen LogP contribution in [0.25, 0.3) is 0 Å². The molecule has 3 heteroatoms. The zero-order valence-corrected chi connectivity index (χ0v) is 13.2. The van der Waals surface area contributed by atoms with Crippen molar-refractivity contribution >= 4 is 23.0 Å². The number of hydrogen-bond acceptors (Lipinski definition) is 2. The lowest BCUT2D eigenvalue weighted by molar-refractivity contribution is 0.818. The van der Waals surface area contributed by atoms with Crippen molar-refractivity contribution in [2.45, 2.75) is 26.8 Å². The predicted octanol–water partition coefficient (Wildman–Crippen LogP) is 4.74. The summed E-state index contributed by atoms with van der Waals surface area (Å²) in [5.41, 5.74) is 11.6. The Hall–Kier alpha value is -1.51. The highest BCUT2D eigenvalue weighted by atomic mass is 35.5. The van der Waals surface area contributed by atoms with Crippen LogP contribution in [-0.2, 0) is 0 Å². The van der Waals surface area contributed by atoms with E-state index in [0.717, 1.165) is 22.0 Å². The van der Waals surface area contributed by atoms with Crippen LogP contribution in [0, 0.1) is 13.8 Å². The van der Waals surface area contributed by atoms with Gasteiger partial charge in [-0.05, 0) is 50.1 Å². The maximum absolute atomic E-state index is 6.40. The Balaban J connectivity index is 2.40. The largest absolute Gasteiger partial charge is 0.343 e. The third-order valence-electron chi connectivity index (χ3n) is 3.57. The van der Waals surface area contributed by atoms with Gasteiger partial charge < -0.3 is 10.6 Å². The number of nitrogens with two attached hydrogens (primary N) is 1. The van der Waals surface area contributed by atoms with E-state index in [-0.39, 0.29) is 6.04 Å². The normalized spacial score (nSPS) is 12.3. The van der Waals surface area contributed by atoms with E-state index in [0.29, 0.717) is 0 Å². The first-order valence-corrected chi connectivity index (χ1v) is 7.14. The van der Waals surface area contributed by atoms with Crippen LogP contribution >= 0.6 is 11.6 Å². The minimum atomic E-state index is -0.00651. The number of hydrogen-bond donors (Lipinski definition) is 1. The number of rotatable bonds is 3. The van der Waals surface area contributed by atoms with Crippen LogP contribution in [0.4, 0.5) is 11.4 Å². The van der Waals surface area contributed by atoms with E-state index in [9.17, 15) is 0 Å². The average molecular weight is 289 g/mol. The molecule has 0 aromatic heterocycles. The number of anilines is 2. The fourth-order valence-electron chi connectivity index (χ4n) is 2.39. The Labute approximate surface area is 126 Å². The van der Waals surface area contributed by atoms with Crippen molar-refractivity contribution < 1.29 is 0 Å². The molecule has 20 heavy (non-hydrogen) atoms. The van der Waals surface area contributed by atoms with Crippen LogP contribution in [0.15, 0.2) is 36.4 Å². The molecular weight excluding hydrogens is 268 g/mol. The van der Waals surface area contributed by atoms with Crippen LogP contribution < -0.4 is 10.6 Å². The van der Waals surface area contributed by atoms with Crippen LogP contribution in [0.5, 0.6) is 0 Å². The molecule has 2 aromatic rings. The Morgan fingerprint density at radius 3 is 2.25 bits per heavy atom. The van der Waals surface area contributed by atoms with Crippen molar-refractivity contribution in [1.82, 2.24) is 0 Å². The highest BCUT2D eigenvalue weighted by Gasteiger charge is 2.12. The summed E-state index contributed by atoms with van der Waals surface area (Å²) < 4.78 is 0. The molecule has 106 valence electrons. The topological polar surface area (TPSA) is 29.3 Å². The fraction of sp³-hybridized carbons (Fsp3) is 0.294. The molecule has 1 unspecified atom stereocenters. The first kappa shape index (κ1) is 14.9. The van der Waals surface area contributed by atoms with E-state index in [1.54, 1.807) is 0 Å². The van der Waals surface area contributed by atoms with Gasteiger partial charge >= 0.3 is 0 Å². The van der Waals surface area contributed by atoms with Crippen LogP contribution in [0.2, 0.25) is 5.02 Å². The Morgan fingerprint density at radius 2 is 1.70 bits per heavy atom. The lowest BCUT2D eigenvalue weighted by Crippen LogP contribution is -2.12. The molecule has 0 saturated carbocycles. The maximum atomic E-state index is 6.40. The number of halogens is 1. The predicted molar refractivity (Wildman–Crippen MR) is 88.0 cm³/mol. The van der Waals surface area contributed by atoms with E-state index in [4.69, 9.17) is 17.3 Å². The van der Waals surface area contributed by atoms with Crippen molar-refractivity contribution in [3.05, 3.63) is 58.1 Å². The quantitative estimate of drug-likeness (QED) is 0.883. The highest BCUT2D eigenvalue weighted by molar-refractivity contribution is 6.33. The molecule has 0 heterocycles. The van der Waals surface area contributed by atoms with Crippen molar-refractivity contribution in [2.75, 3.05) is 11.9 Å². The molecule has 0 amide bonds. The zero-order chi connectivity index (χ0) is 14.9. The van der Waals surface area contributed by atoms with Crippen LogP contribution in [0.1, 0.15) is 29.7 Å². The highest BCUT2D eigenvalue weighted by Crippen LogP contribution is 2.34. The summed E-state index contributed by atoms with van der Waals surface area (Å²) in [6.45, 7) is 6.17. The summed E-state index contributed by atoms with van der Waals surface area (Å²) in [6.07, 6.45) is 0. The summed E-state index contributed by atoms with van der Waals surface area (Å²) in [5.74, 6) is 0. The molecule has 0 aliphatic rings. The van der Waals surface area contributed by atoms with Gasteiger partial charge in [0, 0.05) is 18.8 Å². The zero-order valence-electron chi connectivity index (χ0n) is 12.4. The number of nitrogens with zero attached hydrogens (tertiary/aromatic N) is 1. The molecule has 2 nitrogen and oxygen atoms in total. The fourth-order valence-corrected chi connectivity index (χ4v) is 2.71. The second kappa shape index (κ2) is 5.86. The standard InChI is InChI=1S/C17H21ClN2/c1-11-5-7-16(12(2)9-11)20(4)17-8-6-14(13(3)19)10-15(17)18/h5-10,13H,19H2,1-4H3. The molecule has 2 aromatic carbocycles. The third kappa shape index (κ3) is 2.97. The van der Waals surface area contributed by atoms with Gasteiger partial charge in [-0.3, -0.25) is 0 Å². The average Bonchev–Trinajstić information content (AvgIpc) is 2.37. The van der Waals surface area contributed by atoms with Crippen molar-refractivity contribution in [3.63, 3.8) is 0 Å². The SMILES string of the molecule is Cc1ccc(N(C)c2ccc(C(C)N)cc2Cl)c(C)c1. The lowest BCUT2D eigenvalue weighted by atomic mass is 10.1. The number of aryl methyl sites for hydroxylation is 2. The number of benzene rings is 2. The Morgan fingerprint density at radius 1 is 1.05 bits per heavy atom. The van der Waals surface area contributed by atoms with Crippen molar-refractivity contribution in [2.24, 2.45) is 5.73 Å². The van der Waals surface area contributed by atoms with Gasteiger partial charge in [0.1, 0.15) is 0 Å². The molecule has 2 rings (SSSR count). The van der Waals surface area contributed by atoms with Gasteiger partial charge in [-0.2, -0.15) is 0 Å². The summed E-state index contributed by atoms with van der Waals surface area (Å²) >= 11 is 6.40. The van der Waals surface area contributed by atoms with Gasteiger partial charge in [0.15, 0.2) is 0 Å². The van der Waals surface area contributed by atoms with Crippen molar-refractivity contribution in [1.29, 1.82) is 0 Å². The van der Waals surface area contributed by atoms with Gasteiger partial charge in [0.2, 0.25) is 0 Å². The van der Waals surface area contributed by atoms with E-state index < -0.39 is 0 Å².